The lowest BCUT2D eigenvalue weighted by Gasteiger charge is -2.13. The van der Waals surface area contributed by atoms with E-state index in [0.29, 0.717) is 41.8 Å². The summed E-state index contributed by atoms with van der Waals surface area (Å²) in [6, 6.07) is 3.33. The van der Waals surface area contributed by atoms with E-state index >= 15 is 0 Å². The first-order valence-corrected chi connectivity index (χ1v) is 8.11. The van der Waals surface area contributed by atoms with Gasteiger partial charge in [-0.05, 0) is 38.0 Å². The maximum absolute atomic E-state index is 11.4. The molecule has 0 heterocycles. The summed E-state index contributed by atoms with van der Waals surface area (Å²) in [5, 5.41) is 6.49. The van der Waals surface area contributed by atoms with Crippen molar-refractivity contribution in [2.75, 3.05) is 19.8 Å². The van der Waals surface area contributed by atoms with Crippen molar-refractivity contribution < 1.29 is 19.1 Å². The molecule has 0 radical (unpaired) electrons. The highest BCUT2D eigenvalue weighted by Gasteiger charge is 2.13. The Balaban J connectivity index is 2.86. The molecule has 0 spiro atoms. The molecule has 0 aliphatic heterocycles. The molecule has 24 heavy (non-hydrogen) atoms. The number of carbonyl (C=O) groups excluding carboxylic acids is 2. The quantitative estimate of drug-likeness (QED) is 0.424. The zero-order valence-corrected chi connectivity index (χ0v) is 14.8. The first-order valence-electron chi connectivity index (χ1n) is 7.73. The number of hydrazone groups is 1. The van der Waals surface area contributed by atoms with E-state index in [1.165, 1.54) is 6.21 Å². The molecule has 0 aliphatic carbocycles. The molecule has 1 aromatic rings. The average molecular weight is 356 g/mol. The number of ether oxygens (including phenoxy) is 2. The zero-order valence-electron chi connectivity index (χ0n) is 14.0. The van der Waals surface area contributed by atoms with Gasteiger partial charge in [0.15, 0.2) is 11.5 Å². The van der Waals surface area contributed by atoms with Gasteiger partial charge < -0.3 is 14.8 Å². The molecule has 2 N–H and O–H groups in total. The Bertz CT molecular complexity index is 605. The number of rotatable bonds is 8. The summed E-state index contributed by atoms with van der Waals surface area (Å²) >= 11 is 6.22. The first kappa shape index (κ1) is 19.8. The van der Waals surface area contributed by atoms with Gasteiger partial charge in [-0.25, -0.2) is 5.43 Å². The van der Waals surface area contributed by atoms with E-state index in [-0.39, 0.29) is 0 Å². The van der Waals surface area contributed by atoms with E-state index in [1.807, 2.05) is 13.8 Å². The van der Waals surface area contributed by atoms with Crippen LogP contribution in [0.25, 0.3) is 0 Å². The van der Waals surface area contributed by atoms with Gasteiger partial charge in [0.25, 0.3) is 0 Å². The van der Waals surface area contributed by atoms with Crippen LogP contribution in [-0.4, -0.2) is 37.8 Å². The number of carbonyl (C=O) groups is 2. The van der Waals surface area contributed by atoms with Gasteiger partial charge in [-0.2, -0.15) is 5.10 Å². The van der Waals surface area contributed by atoms with E-state index in [0.717, 1.165) is 6.42 Å². The Morgan fingerprint density at radius 2 is 1.96 bits per heavy atom. The third-order valence-electron chi connectivity index (χ3n) is 2.71. The van der Waals surface area contributed by atoms with Crippen LogP contribution in [0.5, 0.6) is 11.5 Å². The third kappa shape index (κ3) is 6.08. The summed E-state index contributed by atoms with van der Waals surface area (Å²) in [6.45, 7) is 6.90. The number of hydrogen-bond donors (Lipinski definition) is 2. The van der Waals surface area contributed by atoms with Crippen molar-refractivity contribution in [2.45, 2.75) is 27.2 Å². The van der Waals surface area contributed by atoms with Crippen LogP contribution in [0.2, 0.25) is 5.02 Å². The van der Waals surface area contributed by atoms with Gasteiger partial charge >= 0.3 is 11.8 Å². The highest BCUT2D eigenvalue weighted by molar-refractivity contribution is 6.35. The summed E-state index contributed by atoms with van der Waals surface area (Å²) in [5.41, 5.74) is 2.74. The van der Waals surface area contributed by atoms with Crippen molar-refractivity contribution in [1.82, 2.24) is 10.7 Å². The largest absolute Gasteiger partial charge is 0.490 e. The molecule has 2 amide bonds. The Kier molecular flexibility index (Phi) is 8.64. The molecule has 1 aromatic carbocycles. The monoisotopic (exact) mass is 355 g/mol. The molecule has 0 saturated carbocycles. The van der Waals surface area contributed by atoms with Crippen LogP contribution in [0.3, 0.4) is 0 Å². The number of nitrogens with zero attached hydrogens (tertiary/aromatic N) is 1. The molecule has 132 valence electrons. The van der Waals surface area contributed by atoms with Gasteiger partial charge in [0.05, 0.1) is 24.5 Å². The van der Waals surface area contributed by atoms with Gasteiger partial charge in [0.1, 0.15) is 0 Å². The summed E-state index contributed by atoms with van der Waals surface area (Å²) in [7, 11) is 0. The molecule has 0 fully saturated rings. The predicted molar refractivity (Wildman–Crippen MR) is 92.8 cm³/mol. The maximum Gasteiger partial charge on any atom is 0.329 e. The number of nitrogens with one attached hydrogen (secondary N) is 2. The Morgan fingerprint density at radius 3 is 2.58 bits per heavy atom. The second-order valence-electron chi connectivity index (χ2n) is 4.67. The number of likely N-dealkylation sites (N-methyl/N-ethyl adjacent to an activating group) is 1. The molecule has 0 atom stereocenters. The number of hydrogen-bond acceptors (Lipinski definition) is 5. The van der Waals surface area contributed by atoms with Gasteiger partial charge in [-0.15, -0.1) is 0 Å². The minimum Gasteiger partial charge on any atom is -0.490 e. The fraction of sp³-hybridized carbons (Fsp3) is 0.438. The third-order valence-corrected chi connectivity index (χ3v) is 2.99. The SMILES string of the molecule is CCCOc1c(Cl)cc(/C=N\NC(=O)C(=O)NCC)cc1OCC. The number of amides is 2. The second kappa shape index (κ2) is 10.5. The summed E-state index contributed by atoms with van der Waals surface area (Å²) < 4.78 is 11.1. The molecule has 0 bridgehead atoms. The number of benzene rings is 1. The van der Waals surface area contributed by atoms with Crippen molar-refractivity contribution in [1.29, 1.82) is 0 Å². The van der Waals surface area contributed by atoms with Crippen LogP contribution in [0, 0.1) is 0 Å². The van der Waals surface area contributed by atoms with Gasteiger partial charge in [0.2, 0.25) is 0 Å². The highest BCUT2D eigenvalue weighted by Crippen LogP contribution is 2.36. The molecule has 0 unspecified atom stereocenters. The van der Waals surface area contributed by atoms with E-state index in [1.54, 1.807) is 19.1 Å². The van der Waals surface area contributed by atoms with Crippen LogP contribution in [0.4, 0.5) is 0 Å². The Morgan fingerprint density at radius 1 is 1.21 bits per heavy atom. The lowest BCUT2D eigenvalue weighted by Crippen LogP contribution is -2.37. The van der Waals surface area contributed by atoms with Crippen molar-refractivity contribution in [3.8, 4) is 11.5 Å². The predicted octanol–water partition coefficient (Wildman–Crippen LogP) is 2.11. The summed E-state index contributed by atoms with van der Waals surface area (Å²) in [4.78, 5) is 22.7. The Hall–Kier alpha value is -2.28. The van der Waals surface area contributed by atoms with Crippen LogP contribution < -0.4 is 20.2 Å². The fourth-order valence-corrected chi connectivity index (χ4v) is 2.00. The van der Waals surface area contributed by atoms with Crippen molar-refractivity contribution in [3.05, 3.63) is 22.7 Å². The standard InChI is InChI=1S/C16H22ClN3O4/c1-4-7-24-14-12(17)8-11(9-13(14)23-6-3)10-19-20-16(22)15(21)18-5-2/h8-10H,4-7H2,1-3H3,(H,18,21)(H,20,22)/b19-10-. The van der Waals surface area contributed by atoms with Crippen molar-refractivity contribution in [3.63, 3.8) is 0 Å². The molecule has 0 aromatic heterocycles. The summed E-state index contributed by atoms with van der Waals surface area (Å²) in [5.74, 6) is -0.614. The van der Waals surface area contributed by atoms with Gasteiger partial charge in [0, 0.05) is 6.54 Å². The lowest BCUT2D eigenvalue weighted by atomic mass is 10.2. The molecule has 1 rings (SSSR count). The molecular weight excluding hydrogens is 334 g/mol. The van der Waals surface area contributed by atoms with Crippen molar-refractivity contribution in [2.24, 2.45) is 5.10 Å². The van der Waals surface area contributed by atoms with E-state index < -0.39 is 11.8 Å². The Labute approximate surface area is 146 Å². The minimum atomic E-state index is -0.841. The van der Waals surface area contributed by atoms with Crippen LogP contribution in [0.15, 0.2) is 17.2 Å². The number of halogens is 1. The first-order chi connectivity index (χ1) is 11.5. The minimum absolute atomic E-state index is 0.364. The second-order valence-corrected chi connectivity index (χ2v) is 5.08. The van der Waals surface area contributed by atoms with Gasteiger partial charge in [-0.1, -0.05) is 18.5 Å². The van der Waals surface area contributed by atoms with Crippen LogP contribution in [0.1, 0.15) is 32.8 Å². The molecule has 0 aliphatic rings. The van der Waals surface area contributed by atoms with Crippen LogP contribution >= 0.6 is 11.6 Å². The smallest absolute Gasteiger partial charge is 0.329 e. The summed E-state index contributed by atoms with van der Waals surface area (Å²) in [6.07, 6.45) is 2.21. The van der Waals surface area contributed by atoms with Gasteiger partial charge in [-0.3, -0.25) is 9.59 Å². The maximum atomic E-state index is 11.4. The molecular formula is C16H22ClN3O4. The van der Waals surface area contributed by atoms with E-state index in [9.17, 15) is 9.59 Å². The molecule has 7 nitrogen and oxygen atoms in total. The normalized spacial score (nSPS) is 10.5. The topological polar surface area (TPSA) is 89.0 Å². The molecule has 8 heteroatoms. The van der Waals surface area contributed by atoms with Crippen LogP contribution in [-0.2, 0) is 9.59 Å². The average Bonchev–Trinajstić information content (AvgIpc) is 2.54. The van der Waals surface area contributed by atoms with Crippen molar-refractivity contribution >= 4 is 29.6 Å². The zero-order chi connectivity index (χ0) is 17.9. The van der Waals surface area contributed by atoms with E-state index in [2.05, 4.69) is 15.8 Å². The molecule has 0 saturated heterocycles. The highest BCUT2D eigenvalue weighted by atomic mass is 35.5. The fourth-order valence-electron chi connectivity index (χ4n) is 1.73. The lowest BCUT2D eigenvalue weighted by molar-refractivity contribution is -0.139. The van der Waals surface area contributed by atoms with E-state index in [4.69, 9.17) is 21.1 Å².